The number of anilines is 1. The van der Waals surface area contributed by atoms with Gasteiger partial charge >= 0.3 is 0 Å². The number of nitrogen functional groups attached to an aromatic ring is 1. The maximum Gasteiger partial charge on any atom is 0.164 e. The molecule has 20 heavy (non-hydrogen) atoms. The van der Waals surface area contributed by atoms with Crippen LogP contribution in [0.4, 0.5) is 5.82 Å². The third-order valence-electron chi connectivity index (χ3n) is 2.89. The molecule has 0 atom stereocenters. The van der Waals surface area contributed by atoms with E-state index < -0.39 is 0 Å². The lowest BCUT2D eigenvalue weighted by Gasteiger charge is -2.08. The first-order chi connectivity index (χ1) is 9.62. The van der Waals surface area contributed by atoms with E-state index in [1.54, 1.807) is 6.20 Å². The van der Waals surface area contributed by atoms with E-state index in [4.69, 9.17) is 5.84 Å². The van der Waals surface area contributed by atoms with Crippen molar-refractivity contribution in [2.45, 2.75) is 40.2 Å². The van der Waals surface area contributed by atoms with E-state index in [9.17, 15) is 0 Å². The van der Waals surface area contributed by atoms with Gasteiger partial charge in [0.15, 0.2) is 5.82 Å². The molecule has 2 rings (SSSR count). The maximum atomic E-state index is 5.49. The van der Waals surface area contributed by atoms with Gasteiger partial charge in [-0.25, -0.2) is 15.8 Å². The first kappa shape index (κ1) is 14.5. The van der Waals surface area contributed by atoms with Crippen LogP contribution in [0, 0.1) is 5.92 Å². The number of aryl methyl sites for hydroxylation is 1. The van der Waals surface area contributed by atoms with E-state index >= 15 is 0 Å². The summed E-state index contributed by atoms with van der Waals surface area (Å²) in [6.07, 6.45) is 5.71. The smallest absolute Gasteiger partial charge is 0.164 e. The summed E-state index contributed by atoms with van der Waals surface area (Å²) < 4.78 is 1.91. The van der Waals surface area contributed by atoms with Gasteiger partial charge in [0.2, 0.25) is 0 Å². The molecule has 0 fully saturated rings. The minimum atomic E-state index is 0.534. The Morgan fingerprint density at radius 1 is 1.35 bits per heavy atom. The predicted octanol–water partition coefficient (Wildman–Crippen LogP) is 2.23. The fraction of sp³-hybridized carbons (Fsp3) is 0.500. The van der Waals surface area contributed by atoms with E-state index in [1.807, 2.05) is 16.9 Å². The summed E-state index contributed by atoms with van der Waals surface area (Å²) in [5.41, 5.74) is 4.51. The Labute approximate surface area is 119 Å². The zero-order valence-electron chi connectivity index (χ0n) is 12.3. The van der Waals surface area contributed by atoms with Crippen LogP contribution in [0.25, 0.3) is 11.4 Å². The van der Waals surface area contributed by atoms with E-state index in [0.29, 0.717) is 17.6 Å². The molecule has 6 nitrogen and oxygen atoms in total. The van der Waals surface area contributed by atoms with Crippen LogP contribution in [-0.2, 0) is 13.0 Å². The van der Waals surface area contributed by atoms with Gasteiger partial charge < -0.3 is 5.43 Å². The third-order valence-corrected chi connectivity index (χ3v) is 2.89. The SMILES string of the molecule is CCCn1cc(-c2nc(CC(C)C)cc(NN)n2)cn1. The number of hydrogen-bond acceptors (Lipinski definition) is 5. The van der Waals surface area contributed by atoms with Crippen molar-refractivity contribution >= 4 is 5.82 Å². The van der Waals surface area contributed by atoms with Crippen LogP contribution in [0.3, 0.4) is 0 Å². The van der Waals surface area contributed by atoms with Gasteiger partial charge in [-0.3, -0.25) is 4.68 Å². The van der Waals surface area contributed by atoms with Crippen molar-refractivity contribution in [3.05, 3.63) is 24.2 Å². The maximum absolute atomic E-state index is 5.49. The molecule has 0 bridgehead atoms. The highest BCUT2D eigenvalue weighted by Gasteiger charge is 2.10. The van der Waals surface area contributed by atoms with E-state index in [0.717, 1.165) is 30.6 Å². The van der Waals surface area contributed by atoms with Crippen molar-refractivity contribution < 1.29 is 0 Å². The monoisotopic (exact) mass is 274 g/mol. The number of nitrogens with two attached hydrogens (primary N) is 1. The standard InChI is InChI=1S/C14H22N6/c1-4-5-20-9-11(8-16-20)14-17-12(6-10(2)3)7-13(18-14)19-15/h7-10H,4-6,15H2,1-3H3,(H,17,18,19). The van der Waals surface area contributed by atoms with Gasteiger partial charge in [0, 0.05) is 24.5 Å². The minimum absolute atomic E-state index is 0.534. The summed E-state index contributed by atoms with van der Waals surface area (Å²) in [5.74, 6) is 7.32. The molecule has 0 unspecified atom stereocenters. The topological polar surface area (TPSA) is 81.7 Å². The van der Waals surface area contributed by atoms with Gasteiger partial charge in [-0.1, -0.05) is 20.8 Å². The number of rotatable bonds is 6. The lowest BCUT2D eigenvalue weighted by molar-refractivity contribution is 0.603. The first-order valence-electron chi connectivity index (χ1n) is 6.99. The van der Waals surface area contributed by atoms with Crippen molar-refractivity contribution in [1.82, 2.24) is 19.7 Å². The molecule has 0 spiro atoms. The lowest BCUT2D eigenvalue weighted by atomic mass is 10.1. The summed E-state index contributed by atoms with van der Waals surface area (Å²) in [4.78, 5) is 9.01. The normalized spacial score (nSPS) is 11.1. The second kappa shape index (κ2) is 6.47. The zero-order chi connectivity index (χ0) is 14.5. The molecule has 2 aromatic rings. The van der Waals surface area contributed by atoms with Crippen LogP contribution in [0.5, 0.6) is 0 Å². The molecular formula is C14H22N6. The second-order valence-corrected chi connectivity index (χ2v) is 5.30. The summed E-state index contributed by atoms with van der Waals surface area (Å²) in [7, 11) is 0. The lowest BCUT2D eigenvalue weighted by Crippen LogP contribution is -2.11. The number of aromatic nitrogens is 4. The Morgan fingerprint density at radius 2 is 2.15 bits per heavy atom. The quantitative estimate of drug-likeness (QED) is 0.623. The fourth-order valence-corrected chi connectivity index (χ4v) is 2.05. The molecule has 0 aliphatic carbocycles. The third kappa shape index (κ3) is 3.54. The average Bonchev–Trinajstić information content (AvgIpc) is 2.86. The van der Waals surface area contributed by atoms with Crippen molar-refractivity contribution in [1.29, 1.82) is 0 Å². The molecule has 2 heterocycles. The van der Waals surface area contributed by atoms with Crippen LogP contribution in [0.15, 0.2) is 18.5 Å². The van der Waals surface area contributed by atoms with Crippen LogP contribution >= 0.6 is 0 Å². The summed E-state index contributed by atoms with van der Waals surface area (Å²) >= 11 is 0. The number of nitrogens with one attached hydrogen (secondary N) is 1. The van der Waals surface area contributed by atoms with Gasteiger partial charge in [-0.2, -0.15) is 5.10 Å². The molecule has 6 heteroatoms. The molecule has 0 saturated heterocycles. The van der Waals surface area contributed by atoms with Crippen LogP contribution < -0.4 is 11.3 Å². The van der Waals surface area contributed by atoms with Crippen molar-refractivity contribution in [2.75, 3.05) is 5.43 Å². The number of hydrazine groups is 1. The number of hydrogen-bond donors (Lipinski definition) is 2. The highest BCUT2D eigenvalue weighted by atomic mass is 15.3. The van der Waals surface area contributed by atoms with E-state index in [1.165, 1.54) is 0 Å². The van der Waals surface area contributed by atoms with Gasteiger partial charge in [0.1, 0.15) is 5.82 Å². The molecule has 0 amide bonds. The Hall–Kier alpha value is -1.95. The highest BCUT2D eigenvalue weighted by Crippen LogP contribution is 2.18. The number of nitrogens with zero attached hydrogens (tertiary/aromatic N) is 4. The van der Waals surface area contributed by atoms with Gasteiger partial charge in [-0.05, 0) is 18.8 Å². The minimum Gasteiger partial charge on any atom is -0.308 e. The van der Waals surface area contributed by atoms with Crippen LogP contribution in [0.2, 0.25) is 0 Å². The van der Waals surface area contributed by atoms with Crippen molar-refractivity contribution in [2.24, 2.45) is 11.8 Å². The molecule has 108 valence electrons. The average molecular weight is 274 g/mol. The molecule has 0 aromatic carbocycles. The molecule has 0 aliphatic rings. The van der Waals surface area contributed by atoms with Crippen molar-refractivity contribution in [3.8, 4) is 11.4 Å². The molecular weight excluding hydrogens is 252 g/mol. The van der Waals surface area contributed by atoms with E-state index in [2.05, 4.69) is 41.3 Å². The molecule has 0 saturated carbocycles. The molecule has 0 radical (unpaired) electrons. The summed E-state index contributed by atoms with van der Waals surface area (Å²) in [6.45, 7) is 7.35. The fourth-order valence-electron chi connectivity index (χ4n) is 2.05. The van der Waals surface area contributed by atoms with Gasteiger partial charge in [0.25, 0.3) is 0 Å². The molecule has 3 N–H and O–H groups in total. The van der Waals surface area contributed by atoms with Crippen molar-refractivity contribution in [3.63, 3.8) is 0 Å². The van der Waals surface area contributed by atoms with Crippen LogP contribution in [-0.4, -0.2) is 19.7 Å². The van der Waals surface area contributed by atoms with Crippen LogP contribution in [0.1, 0.15) is 32.9 Å². The van der Waals surface area contributed by atoms with Gasteiger partial charge in [-0.15, -0.1) is 0 Å². The van der Waals surface area contributed by atoms with E-state index in [-0.39, 0.29) is 0 Å². The summed E-state index contributed by atoms with van der Waals surface area (Å²) in [6, 6.07) is 1.89. The Kier molecular flexibility index (Phi) is 4.68. The van der Waals surface area contributed by atoms with Gasteiger partial charge in [0.05, 0.1) is 11.8 Å². The predicted molar refractivity (Wildman–Crippen MR) is 79.9 cm³/mol. The highest BCUT2D eigenvalue weighted by molar-refractivity contribution is 5.55. The zero-order valence-corrected chi connectivity index (χ0v) is 12.3. The second-order valence-electron chi connectivity index (χ2n) is 5.30. The Balaban J connectivity index is 2.33. The molecule has 0 aliphatic heterocycles. The summed E-state index contributed by atoms with van der Waals surface area (Å²) in [5, 5.41) is 4.31. The largest absolute Gasteiger partial charge is 0.308 e. The Morgan fingerprint density at radius 3 is 2.80 bits per heavy atom. The molecule has 2 aromatic heterocycles. The first-order valence-corrected chi connectivity index (χ1v) is 6.99. The Bertz CT molecular complexity index is 561.